The van der Waals surface area contributed by atoms with Crippen LogP contribution in [-0.2, 0) is 9.47 Å². The highest BCUT2D eigenvalue weighted by Crippen LogP contribution is 2.21. The van der Waals surface area contributed by atoms with Gasteiger partial charge in [0.15, 0.2) is 0 Å². The Kier molecular flexibility index (Phi) is 3.14. The van der Waals surface area contributed by atoms with Crippen molar-refractivity contribution < 1.29 is 19.4 Å². The minimum Gasteiger partial charge on any atom is -0.507 e. The number of esters is 1. The maximum atomic E-state index is 11.7. The Labute approximate surface area is 97.4 Å². The molecule has 0 bridgehead atoms. The number of rotatable bonds is 2. The van der Waals surface area contributed by atoms with Gasteiger partial charge in [0.25, 0.3) is 5.56 Å². The van der Waals surface area contributed by atoms with Crippen molar-refractivity contribution in [2.24, 2.45) is 0 Å². The zero-order valence-corrected chi connectivity index (χ0v) is 9.38. The van der Waals surface area contributed by atoms with Crippen molar-refractivity contribution in [1.82, 2.24) is 4.57 Å². The summed E-state index contributed by atoms with van der Waals surface area (Å²) in [6, 6.07) is 0.927. The molecule has 6 nitrogen and oxygen atoms in total. The zero-order chi connectivity index (χ0) is 12.4. The molecule has 0 amide bonds. The molecule has 1 aliphatic rings. The van der Waals surface area contributed by atoms with E-state index in [1.165, 1.54) is 17.9 Å². The van der Waals surface area contributed by atoms with E-state index >= 15 is 0 Å². The van der Waals surface area contributed by atoms with Gasteiger partial charge >= 0.3 is 5.97 Å². The van der Waals surface area contributed by atoms with Crippen LogP contribution in [0.2, 0.25) is 0 Å². The predicted molar refractivity (Wildman–Crippen MR) is 58.2 cm³/mol. The first-order valence-corrected chi connectivity index (χ1v) is 5.24. The van der Waals surface area contributed by atoms with Gasteiger partial charge in [-0.05, 0) is 6.42 Å². The Morgan fingerprint density at radius 2 is 2.41 bits per heavy atom. The zero-order valence-electron chi connectivity index (χ0n) is 9.38. The van der Waals surface area contributed by atoms with Crippen LogP contribution in [0, 0.1) is 0 Å². The summed E-state index contributed by atoms with van der Waals surface area (Å²) in [6.07, 6.45) is 2.04. The summed E-state index contributed by atoms with van der Waals surface area (Å²) in [5.41, 5.74) is -0.371. The van der Waals surface area contributed by atoms with E-state index in [4.69, 9.17) is 4.74 Å². The molecule has 2 heterocycles. The molecule has 17 heavy (non-hydrogen) atoms. The summed E-state index contributed by atoms with van der Waals surface area (Å²) in [5, 5.41) is 9.51. The van der Waals surface area contributed by atoms with E-state index in [1.807, 2.05) is 0 Å². The summed E-state index contributed by atoms with van der Waals surface area (Å²) < 4.78 is 11.1. The number of aromatic hydroxyl groups is 1. The Morgan fingerprint density at radius 3 is 3.00 bits per heavy atom. The second kappa shape index (κ2) is 4.58. The van der Waals surface area contributed by atoms with Crippen LogP contribution in [-0.4, -0.2) is 36.0 Å². The number of carbonyl (C=O) groups is 1. The number of carbonyl (C=O) groups excluding carboxylic acids is 1. The molecule has 1 aliphatic heterocycles. The molecule has 6 heteroatoms. The quantitative estimate of drug-likeness (QED) is 0.751. The summed E-state index contributed by atoms with van der Waals surface area (Å²) in [7, 11) is 1.22. The molecule has 1 aromatic rings. The summed E-state index contributed by atoms with van der Waals surface area (Å²) in [5.74, 6) is -1.04. The second-order valence-corrected chi connectivity index (χ2v) is 3.83. The van der Waals surface area contributed by atoms with Crippen LogP contribution in [0.3, 0.4) is 0 Å². The smallest absolute Gasteiger partial charge is 0.343 e. The van der Waals surface area contributed by atoms with Gasteiger partial charge in [0.1, 0.15) is 11.3 Å². The molecule has 0 spiro atoms. The minimum absolute atomic E-state index is 0.0148. The summed E-state index contributed by atoms with van der Waals surface area (Å²) in [4.78, 5) is 23.1. The van der Waals surface area contributed by atoms with E-state index in [9.17, 15) is 14.7 Å². The molecular weight excluding hydrogens is 226 g/mol. The maximum absolute atomic E-state index is 11.7. The fourth-order valence-electron chi connectivity index (χ4n) is 1.83. The number of pyridine rings is 1. The summed E-state index contributed by atoms with van der Waals surface area (Å²) >= 11 is 0. The molecule has 1 unspecified atom stereocenters. The monoisotopic (exact) mass is 239 g/mol. The lowest BCUT2D eigenvalue weighted by atomic mass is 10.2. The molecular formula is C11H13NO5. The second-order valence-electron chi connectivity index (χ2n) is 3.83. The van der Waals surface area contributed by atoms with Crippen LogP contribution < -0.4 is 5.56 Å². The normalized spacial score (nSPS) is 19.2. The van der Waals surface area contributed by atoms with Gasteiger partial charge in [-0.1, -0.05) is 0 Å². The van der Waals surface area contributed by atoms with Crippen LogP contribution in [0.1, 0.15) is 22.8 Å². The number of methoxy groups -OCH3 is 1. The van der Waals surface area contributed by atoms with Crippen LogP contribution in [0.25, 0.3) is 0 Å². The fraction of sp³-hybridized carbons (Fsp3) is 0.455. The van der Waals surface area contributed by atoms with E-state index in [2.05, 4.69) is 4.74 Å². The highest BCUT2D eigenvalue weighted by atomic mass is 16.5. The van der Waals surface area contributed by atoms with E-state index in [0.29, 0.717) is 19.6 Å². The van der Waals surface area contributed by atoms with Crippen molar-refractivity contribution >= 4 is 5.97 Å². The lowest BCUT2D eigenvalue weighted by Gasteiger charge is -2.13. The third kappa shape index (κ3) is 2.16. The van der Waals surface area contributed by atoms with Crippen molar-refractivity contribution in [3.05, 3.63) is 28.2 Å². The third-order valence-corrected chi connectivity index (χ3v) is 2.76. The molecule has 1 aromatic heterocycles. The fourth-order valence-corrected chi connectivity index (χ4v) is 1.83. The van der Waals surface area contributed by atoms with Gasteiger partial charge in [0.05, 0.1) is 19.8 Å². The number of hydrogen-bond donors (Lipinski definition) is 1. The van der Waals surface area contributed by atoms with Gasteiger partial charge in [0, 0.05) is 18.9 Å². The molecule has 1 saturated heterocycles. The molecule has 1 fully saturated rings. The molecule has 0 saturated carbocycles. The van der Waals surface area contributed by atoms with Gasteiger partial charge in [-0.15, -0.1) is 0 Å². The number of nitrogens with zero attached hydrogens (tertiary/aromatic N) is 1. The van der Waals surface area contributed by atoms with Crippen molar-refractivity contribution in [3.63, 3.8) is 0 Å². The van der Waals surface area contributed by atoms with Crippen molar-refractivity contribution in [2.75, 3.05) is 20.3 Å². The SMILES string of the molecule is COC(=O)c1cn(C2CCOC2)c(=O)cc1O. The molecule has 1 N–H and O–H groups in total. The first kappa shape index (κ1) is 11.7. The number of hydrogen-bond acceptors (Lipinski definition) is 5. The Hall–Kier alpha value is -1.82. The van der Waals surface area contributed by atoms with E-state index < -0.39 is 5.97 Å². The molecule has 92 valence electrons. The van der Waals surface area contributed by atoms with Crippen LogP contribution >= 0.6 is 0 Å². The van der Waals surface area contributed by atoms with Crippen molar-refractivity contribution in [1.29, 1.82) is 0 Å². The van der Waals surface area contributed by atoms with Crippen molar-refractivity contribution in [2.45, 2.75) is 12.5 Å². The largest absolute Gasteiger partial charge is 0.507 e. The molecule has 1 atom stereocenters. The van der Waals surface area contributed by atoms with Crippen LogP contribution in [0.5, 0.6) is 5.75 Å². The van der Waals surface area contributed by atoms with Crippen LogP contribution in [0.4, 0.5) is 0 Å². The van der Waals surface area contributed by atoms with Crippen molar-refractivity contribution in [3.8, 4) is 5.75 Å². The molecule has 0 aliphatic carbocycles. The highest BCUT2D eigenvalue weighted by Gasteiger charge is 2.21. The lowest BCUT2D eigenvalue weighted by molar-refractivity contribution is 0.0596. The van der Waals surface area contributed by atoms with Gasteiger partial charge in [0.2, 0.25) is 0 Å². The van der Waals surface area contributed by atoms with Gasteiger partial charge in [-0.2, -0.15) is 0 Å². The molecule has 0 radical (unpaired) electrons. The lowest BCUT2D eigenvalue weighted by Crippen LogP contribution is -2.25. The highest BCUT2D eigenvalue weighted by molar-refractivity contribution is 5.91. The maximum Gasteiger partial charge on any atom is 0.343 e. The number of ether oxygens (including phenoxy) is 2. The van der Waals surface area contributed by atoms with Gasteiger partial charge in [-0.3, -0.25) is 4.79 Å². The topological polar surface area (TPSA) is 77.8 Å². The van der Waals surface area contributed by atoms with Gasteiger partial charge in [-0.25, -0.2) is 4.79 Å². The van der Waals surface area contributed by atoms with E-state index in [0.717, 1.165) is 6.07 Å². The van der Waals surface area contributed by atoms with E-state index in [-0.39, 0.29) is 22.9 Å². The molecule has 0 aromatic carbocycles. The Bertz CT molecular complexity index is 487. The Balaban J connectivity index is 2.45. The average Bonchev–Trinajstić information content (AvgIpc) is 2.81. The van der Waals surface area contributed by atoms with Gasteiger partial charge < -0.3 is 19.1 Å². The third-order valence-electron chi connectivity index (χ3n) is 2.76. The minimum atomic E-state index is -0.671. The summed E-state index contributed by atoms with van der Waals surface area (Å²) in [6.45, 7) is 1.02. The predicted octanol–water partition coefficient (Wildman–Crippen LogP) is 0.302. The first-order valence-electron chi connectivity index (χ1n) is 5.24. The van der Waals surface area contributed by atoms with Crippen LogP contribution in [0.15, 0.2) is 17.1 Å². The average molecular weight is 239 g/mol. The first-order chi connectivity index (χ1) is 8.13. The molecule has 2 rings (SSSR count). The number of aromatic nitrogens is 1. The van der Waals surface area contributed by atoms with E-state index in [1.54, 1.807) is 0 Å². The Morgan fingerprint density at radius 1 is 1.65 bits per heavy atom. The standard InChI is InChI=1S/C11H13NO5/c1-16-11(15)8-5-12(7-2-3-17-6-7)10(14)4-9(8)13/h4-5,7,13H,2-3,6H2,1H3.